The zero-order chi connectivity index (χ0) is 20.4. The van der Waals surface area contributed by atoms with E-state index in [-0.39, 0.29) is 17.7 Å². The van der Waals surface area contributed by atoms with E-state index in [0.29, 0.717) is 32.5 Å². The molecule has 152 valence electrons. The van der Waals surface area contributed by atoms with Crippen LogP contribution in [-0.4, -0.2) is 44.4 Å². The van der Waals surface area contributed by atoms with Crippen molar-refractivity contribution >= 4 is 28.1 Å². The minimum absolute atomic E-state index is 0.0353. The van der Waals surface area contributed by atoms with Crippen molar-refractivity contribution in [2.45, 2.75) is 39.7 Å². The summed E-state index contributed by atoms with van der Waals surface area (Å²) in [6, 6.07) is 9.99. The average Bonchev–Trinajstić information content (AvgIpc) is 3.30. The Kier molecular flexibility index (Phi) is 5.62. The van der Waals surface area contributed by atoms with Gasteiger partial charge in [-0.25, -0.2) is 9.50 Å². The number of nitrogens with zero attached hydrogens (tertiary/aromatic N) is 4. The molecule has 1 aromatic carbocycles. The van der Waals surface area contributed by atoms with Crippen LogP contribution in [-0.2, 0) is 22.6 Å². The molecule has 0 bridgehead atoms. The number of aryl methyl sites for hydroxylation is 1. The average molecular weight is 412 g/mol. The van der Waals surface area contributed by atoms with Gasteiger partial charge in [0, 0.05) is 31.5 Å². The third kappa shape index (κ3) is 4.03. The second-order valence-electron chi connectivity index (χ2n) is 7.32. The van der Waals surface area contributed by atoms with Gasteiger partial charge in [-0.3, -0.25) is 9.59 Å². The normalized spacial score (nSPS) is 15.0. The van der Waals surface area contributed by atoms with Gasteiger partial charge in [0.05, 0.1) is 17.9 Å². The second-order valence-corrected chi connectivity index (χ2v) is 8.36. The third-order valence-electron chi connectivity index (χ3n) is 5.43. The largest absolute Gasteiger partial charge is 0.350 e. The fourth-order valence-electron chi connectivity index (χ4n) is 3.73. The molecule has 7 nitrogen and oxygen atoms in total. The van der Waals surface area contributed by atoms with Crippen molar-refractivity contribution in [3.05, 3.63) is 41.0 Å². The number of benzene rings is 1. The first kappa shape index (κ1) is 19.6. The molecular formula is C21H25N5O2S. The SMILES string of the molecule is CCc1nn2c(CNC(=O)C3CCN(C(C)=O)CC3)c(-c3ccccc3)nc2s1. The zero-order valence-electron chi connectivity index (χ0n) is 16.7. The number of aromatic nitrogens is 3. The number of imidazole rings is 1. The quantitative estimate of drug-likeness (QED) is 0.700. The van der Waals surface area contributed by atoms with Crippen LogP contribution in [0.15, 0.2) is 30.3 Å². The number of piperidine rings is 1. The Morgan fingerprint density at radius 2 is 1.93 bits per heavy atom. The van der Waals surface area contributed by atoms with E-state index in [1.54, 1.807) is 23.2 Å². The molecular weight excluding hydrogens is 386 g/mol. The lowest BCUT2D eigenvalue weighted by molar-refractivity contribution is -0.134. The summed E-state index contributed by atoms with van der Waals surface area (Å²) in [5, 5.41) is 8.79. The van der Waals surface area contributed by atoms with Crippen molar-refractivity contribution in [3.63, 3.8) is 0 Å². The minimum Gasteiger partial charge on any atom is -0.350 e. The zero-order valence-corrected chi connectivity index (χ0v) is 17.5. The second kappa shape index (κ2) is 8.32. The Morgan fingerprint density at radius 1 is 1.21 bits per heavy atom. The van der Waals surface area contributed by atoms with Gasteiger partial charge in [-0.15, -0.1) is 0 Å². The molecule has 8 heteroatoms. The van der Waals surface area contributed by atoms with Crippen LogP contribution < -0.4 is 5.32 Å². The topological polar surface area (TPSA) is 79.6 Å². The van der Waals surface area contributed by atoms with Crippen LogP contribution >= 0.6 is 11.3 Å². The van der Waals surface area contributed by atoms with E-state index in [1.165, 1.54) is 0 Å². The third-order valence-corrected chi connectivity index (χ3v) is 6.48. The van der Waals surface area contributed by atoms with Crippen molar-refractivity contribution in [1.82, 2.24) is 24.8 Å². The highest BCUT2D eigenvalue weighted by molar-refractivity contribution is 7.16. The number of nitrogens with one attached hydrogen (secondary N) is 1. The number of likely N-dealkylation sites (tertiary alicyclic amines) is 1. The van der Waals surface area contributed by atoms with Crippen molar-refractivity contribution in [2.24, 2.45) is 5.92 Å². The number of hydrogen-bond acceptors (Lipinski definition) is 5. The van der Waals surface area contributed by atoms with E-state index in [2.05, 4.69) is 17.3 Å². The summed E-state index contributed by atoms with van der Waals surface area (Å²) in [6.45, 7) is 5.32. The molecule has 2 aromatic heterocycles. The molecule has 29 heavy (non-hydrogen) atoms. The molecule has 0 aliphatic carbocycles. The van der Waals surface area contributed by atoms with Gasteiger partial charge < -0.3 is 10.2 Å². The molecule has 0 unspecified atom stereocenters. The van der Waals surface area contributed by atoms with E-state index >= 15 is 0 Å². The first-order valence-electron chi connectivity index (χ1n) is 10.0. The maximum atomic E-state index is 12.8. The standard InChI is InChI=1S/C21H25N5O2S/c1-3-18-24-26-17(19(23-21(26)29-18)15-7-5-4-6-8-15)13-22-20(28)16-9-11-25(12-10-16)14(2)27/h4-8,16H,3,9-13H2,1-2H3,(H,22,28). The molecule has 0 spiro atoms. The molecule has 3 aromatic rings. The Labute approximate surface area is 173 Å². The Bertz CT molecular complexity index is 1020. The summed E-state index contributed by atoms with van der Waals surface area (Å²) in [5.74, 6) is 0.0530. The van der Waals surface area contributed by atoms with Crippen LogP contribution in [0.1, 0.15) is 37.4 Å². The van der Waals surface area contributed by atoms with Crippen LogP contribution in [0, 0.1) is 5.92 Å². The van der Waals surface area contributed by atoms with Gasteiger partial charge in [-0.1, -0.05) is 48.6 Å². The van der Waals surface area contributed by atoms with Crippen molar-refractivity contribution in [3.8, 4) is 11.3 Å². The molecule has 1 N–H and O–H groups in total. The van der Waals surface area contributed by atoms with Gasteiger partial charge in [0.25, 0.3) is 0 Å². The molecule has 1 fully saturated rings. The van der Waals surface area contributed by atoms with Crippen LogP contribution in [0.3, 0.4) is 0 Å². The molecule has 1 saturated heterocycles. The van der Waals surface area contributed by atoms with E-state index in [4.69, 9.17) is 4.98 Å². The van der Waals surface area contributed by atoms with Crippen LogP contribution in [0.2, 0.25) is 0 Å². The van der Waals surface area contributed by atoms with Gasteiger partial charge in [-0.2, -0.15) is 5.10 Å². The summed E-state index contributed by atoms with van der Waals surface area (Å²) in [7, 11) is 0. The first-order chi connectivity index (χ1) is 14.1. The Hall–Kier alpha value is -2.74. The highest BCUT2D eigenvalue weighted by Gasteiger charge is 2.26. The number of hydrogen-bond donors (Lipinski definition) is 1. The minimum atomic E-state index is -0.0594. The highest BCUT2D eigenvalue weighted by Crippen LogP contribution is 2.27. The monoisotopic (exact) mass is 411 g/mol. The van der Waals surface area contributed by atoms with Crippen LogP contribution in [0.4, 0.5) is 0 Å². The number of fused-ring (bicyclic) bond motifs is 1. The van der Waals surface area contributed by atoms with Crippen molar-refractivity contribution in [2.75, 3.05) is 13.1 Å². The Balaban J connectivity index is 1.53. The molecule has 1 aliphatic rings. The lowest BCUT2D eigenvalue weighted by Gasteiger charge is -2.30. The predicted octanol–water partition coefficient (Wildman–Crippen LogP) is 2.89. The van der Waals surface area contributed by atoms with Crippen LogP contribution in [0.5, 0.6) is 0 Å². The van der Waals surface area contributed by atoms with Crippen molar-refractivity contribution in [1.29, 1.82) is 0 Å². The van der Waals surface area contributed by atoms with Gasteiger partial charge in [0.15, 0.2) is 0 Å². The predicted molar refractivity (Wildman–Crippen MR) is 113 cm³/mol. The summed E-state index contributed by atoms with van der Waals surface area (Å²) >= 11 is 1.58. The van der Waals surface area contributed by atoms with Gasteiger partial charge in [-0.05, 0) is 19.3 Å². The molecule has 0 radical (unpaired) electrons. The lowest BCUT2D eigenvalue weighted by atomic mass is 9.96. The summed E-state index contributed by atoms with van der Waals surface area (Å²) in [5.41, 5.74) is 2.78. The summed E-state index contributed by atoms with van der Waals surface area (Å²) in [6.07, 6.45) is 2.26. The maximum absolute atomic E-state index is 12.8. The molecule has 4 rings (SSSR count). The van der Waals surface area contributed by atoms with E-state index in [9.17, 15) is 9.59 Å². The molecule has 1 aliphatic heterocycles. The number of rotatable bonds is 5. The number of carbonyl (C=O) groups is 2. The van der Waals surface area contributed by atoms with Crippen molar-refractivity contribution < 1.29 is 9.59 Å². The summed E-state index contributed by atoms with van der Waals surface area (Å²) < 4.78 is 1.87. The number of amides is 2. The van der Waals surface area contributed by atoms with Gasteiger partial charge >= 0.3 is 0 Å². The van der Waals surface area contributed by atoms with Crippen LogP contribution in [0.25, 0.3) is 16.2 Å². The number of carbonyl (C=O) groups excluding carboxylic acids is 2. The maximum Gasteiger partial charge on any atom is 0.223 e. The highest BCUT2D eigenvalue weighted by atomic mass is 32.1. The smallest absolute Gasteiger partial charge is 0.223 e. The lowest BCUT2D eigenvalue weighted by Crippen LogP contribution is -2.42. The molecule has 0 atom stereocenters. The molecule has 3 heterocycles. The molecule has 2 amide bonds. The first-order valence-corrected chi connectivity index (χ1v) is 10.8. The van der Waals surface area contributed by atoms with E-state index < -0.39 is 0 Å². The van der Waals surface area contributed by atoms with Gasteiger partial charge in [0.1, 0.15) is 5.01 Å². The fraction of sp³-hybridized carbons (Fsp3) is 0.429. The fourth-order valence-corrected chi connectivity index (χ4v) is 4.58. The Morgan fingerprint density at radius 3 is 2.59 bits per heavy atom. The van der Waals surface area contributed by atoms with Gasteiger partial charge in [0.2, 0.25) is 16.8 Å². The van der Waals surface area contributed by atoms with E-state index in [0.717, 1.165) is 33.3 Å². The summed E-state index contributed by atoms with van der Waals surface area (Å²) in [4.78, 5) is 31.7. The molecule has 0 saturated carbocycles. The van der Waals surface area contributed by atoms with E-state index in [1.807, 2.05) is 34.8 Å².